The molecule has 5 nitrogen and oxygen atoms in total. The van der Waals surface area contributed by atoms with Crippen molar-refractivity contribution in [1.29, 1.82) is 0 Å². The second kappa shape index (κ2) is 5.51. The summed E-state index contributed by atoms with van der Waals surface area (Å²) in [5, 5.41) is 0.990. The number of rotatable bonds is 2. The van der Waals surface area contributed by atoms with Crippen LogP contribution in [-0.4, -0.2) is 26.8 Å². The third-order valence-electron chi connectivity index (χ3n) is 3.89. The number of carbonyl (C=O) groups is 1. The van der Waals surface area contributed by atoms with Crippen molar-refractivity contribution in [2.24, 2.45) is 0 Å². The van der Waals surface area contributed by atoms with Gasteiger partial charge in [-0.3, -0.25) is 9.78 Å². The van der Waals surface area contributed by atoms with Crippen molar-refractivity contribution in [1.82, 2.24) is 14.4 Å². The molecule has 0 saturated heterocycles. The van der Waals surface area contributed by atoms with Crippen LogP contribution in [0.15, 0.2) is 36.8 Å². The maximum Gasteiger partial charge on any atom is 0.233 e. The van der Waals surface area contributed by atoms with Crippen LogP contribution >= 0.6 is 23.2 Å². The smallest absolute Gasteiger partial charge is 0.233 e. The second-order valence-corrected chi connectivity index (χ2v) is 6.25. The van der Waals surface area contributed by atoms with Gasteiger partial charge in [0.15, 0.2) is 5.65 Å². The fourth-order valence-corrected chi connectivity index (χ4v) is 3.40. The van der Waals surface area contributed by atoms with Gasteiger partial charge in [-0.2, -0.15) is 0 Å². The number of halogens is 2. The summed E-state index contributed by atoms with van der Waals surface area (Å²) in [6.45, 7) is 0.658. The Morgan fingerprint density at radius 3 is 3.04 bits per heavy atom. The van der Waals surface area contributed by atoms with Crippen molar-refractivity contribution in [3.8, 4) is 0 Å². The van der Waals surface area contributed by atoms with Gasteiger partial charge in [0.05, 0.1) is 33.5 Å². The van der Waals surface area contributed by atoms with Gasteiger partial charge in [0.25, 0.3) is 0 Å². The van der Waals surface area contributed by atoms with E-state index in [1.165, 1.54) is 0 Å². The molecule has 1 amide bonds. The lowest BCUT2D eigenvalue weighted by Crippen LogP contribution is -2.30. The molecule has 0 atom stereocenters. The quantitative estimate of drug-likeness (QED) is 0.716. The first-order valence-electron chi connectivity index (χ1n) is 7.19. The maximum absolute atomic E-state index is 12.6. The van der Waals surface area contributed by atoms with Crippen LogP contribution in [0.2, 0.25) is 10.0 Å². The molecule has 7 heteroatoms. The number of fused-ring (bicyclic) bond motifs is 2. The van der Waals surface area contributed by atoms with Gasteiger partial charge in [-0.15, -0.1) is 0 Å². The Kier molecular flexibility index (Phi) is 3.47. The van der Waals surface area contributed by atoms with Crippen LogP contribution in [0.1, 0.15) is 11.4 Å². The standard InChI is InChI=1S/C16H12Cl2N4O/c17-10-6-12(18)16-20-11(9-21(16)8-10)7-15(23)22-5-3-13-14(22)2-1-4-19-13/h1-2,4,6,8-9H,3,5,7H2. The van der Waals surface area contributed by atoms with Crippen molar-refractivity contribution in [2.45, 2.75) is 12.8 Å². The molecule has 0 bridgehead atoms. The van der Waals surface area contributed by atoms with E-state index in [1.807, 2.05) is 12.1 Å². The largest absolute Gasteiger partial charge is 0.310 e. The maximum atomic E-state index is 12.6. The first kappa shape index (κ1) is 14.5. The normalized spacial score (nSPS) is 13.6. The predicted octanol–water partition coefficient (Wildman–Crippen LogP) is 3.17. The molecular formula is C16H12Cl2N4O. The van der Waals surface area contributed by atoms with Gasteiger partial charge < -0.3 is 9.30 Å². The SMILES string of the molecule is O=C(Cc1cn2cc(Cl)cc(Cl)c2n1)N1CCc2ncccc21. The fourth-order valence-electron chi connectivity index (χ4n) is 2.88. The van der Waals surface area contributed by atoms with Gasteiger partial charge in [0.1, 0.15) is 0 Å². The average Bonchev–Trinajstić information content (AvgIpc) is 3.10. The summed E-state index contributed by atoms with van der Waals surface area (Å²) < 4.78 is 1.74. The Balaban J connectivity index is 1.61. The van der Waals surface area contributed by atoms with E-state index in [9.17, 15) is 4.79 Å². The molecule has 4 rings (SSSR count). The number of pyridine rings is 2. The highest BCUT2D eigenvalue weighted by atomic mass is 35.5. The summed E-state index contributed by atoms with van der Waals surface area (Å²) in [4.78, 5) is 23.1. The highest BCUT2D eigenvalue weighted by Gasteiger charge is 2.25. The van der Waals surface area contributed by atoms with E-state index in [0.29, 0.717) is 27.9 Å². The van der Waals surface area contributed by atoms with Crippen molar-refractivity contribution in [2.75, 3.05) is 11.4 Å². The molecule has 0 radical (unpaired) electrons. The lowest BCUT2D eigenvalue weighted by atomic mass is 10.2. The first-order valence-corrected chi connectivity index (χ1v) is 7.94. The number of imidazole rings is 1. The van der Waals surface area contributed by atoms with E-state index in [0.717, 1.165) is 17.8 Å². The summed E-state index contributed by atoms with van der Waals surface area (Å²) in [6, 6.07) is 5.41. The molecular weight excluding hydrogens is 335 g/mol. The molecule has 1 aliphatic heterocycles. The van der Waals surface area contributed by atoms with Crippen molar-refractivity contribution in [3.05, 3.63) is 58.2 Å². The monoisotopic (exact) mass is 346 g/mol. The van der Waals surface area contributed by atoms with Gasteiger partial charge in [0, 0.05) is 31.6 Å². The van der Waals surface area contributed by atoms with E-state index >= 15 is 0 Å². The van der Waals surface area contributed by atoms with Gasteiger partial charge in [0.2, 0.25) is 5.91 Å². The number of nitrogens with zero attached hydrogens (tertiary/aromatic N) is 4. The summed E-state index contributed by atoms with van der Waals surface area (Å²) in [5.41, 5.74) is 3.12. The van der Waals surface area contributed by atoms with Crippen molar-refractivity contribution < 1.29 is 4.79 Å². The predicted molar refractivity (Wildman–Crippen MR) is 89.2 cm³/mol. The molecule has 0 aromatic carbocycles. The number of amides is 1. The number of carbonyl (C=O) groups excluding carboxylic acids is 1. The summed E-state index contributed by atoms with van der Waals surface area (Å²) in [5.74, 6) is 0.00220. The number of anilines is 1. The summed E-state index contributed by atoms with van der Waals surface area (Å²) in [6.07, 6.45) is 6.25. The summed E-state index contributed by atoms with van der Waals surface area (Å²) >= 11 is 12.1. The van der Waals surface area contributed by atoms with E-state index in [-0.39, 0.29) is 12.3 Å². The minimum atomic E-state index is 0.00220. The molecule has 0 aliphatic carbocycles. The van der Waals surface area contributed by atoms with Crippen molar-refractivity contribution >= 4 is 40.4 Å². The Morgan fingerprint density at radius 2 is 2.17 bits per heavy atom. The van der Waals surface area contributed by atoms with Gasteiger partial charge in [-0.25, -0.2) is 4.98 Å². The third-order valence-corrected chi connectivity index (χ3v) is 4.37. The minimum Gasteiger partial charge on any atom is -0.310 e. The first-order chi connectivity index (χ1) is 11.1. The molecule has 116 valence electrons. The molecule has 0 spiro atoms. The van der Waals surface area contributed by atoms with Gasteiger partial charge in [-0.05, 0) is 18.2 Å². The van der Waals surface area contributed by atoms with E-state index in [1.54, 1.807) is 34.0 Å². The average molecular weight is 347 g/mol. The lowest BCUT2D eigenvalue weighted by Gasteiger charge is -2.16. The Labute approximate surface area is 142 Å². The fraction of sp³-hybridized carbons (Fsp3) is 0.188. The van der Waals surface area contributed by atoms with E-state index in [4.69, 9.17) is 23.2 Å². The topological polar surface area (TPSA) is 50.5 Å². The third kappa shape index (κ3) is 2.56. The molecule has 0 fully saturated rings. The highest BCUT2D eigenvalue weighted by Crippen LogP contribution is 2.27. The minimum absolute atomic E-state index is 0.00220. The lowest BCUT2D eigenvalue weighted by molar-refractivity contribution is -0.117. The van der Waals surface area contributed by atoms with Gasteiger partial charge in [-0.1, -0.05) is 23.2 Å². The van der Waals surface area contributed by atoms with Gasteiger partial charge >= 0.3 is 0 Å². The zero-order chi connectivity index (χ0) is 16.0. The number of aromatic nitrogens is 3. The molecule has 0 N–H and O–H groups in total. The zero-order valence-corrected chi connectivity index (χ0v) is 13.6. The molecule has 4 heterocycles. The Morgan fingerprint density at radius 1 is 1.30 bits per heavy atom. The Hall–Kier alpha value is -2.11. The van der Waals surface area contributed by atoms with Crippen LogP contribution in [-0.2, 0) is 17.6 Å². The molecule has 0 unspecified atom stereocenters. The van der Waals surface area contributed by atoms with E-state index in [2.05, 4.69) is 9.97 Å². The zero-order valence-electron chi connectivity index (χ0n) is 12.0. The molecule has 3 aromatic rings. The summed E-state index contributed by atoms with van der Waals surface area (Å²) in [7, 11) is 0. The van der Waals surface area contributed by atoms with Crippen LogP contribution in [0.5, 0.6) is 0 Å². The molecule has 23 heavy (non-hydrogen) atoms. The Bertz CT molecular complexity index is 922. The molecule has 3 aromatic heterocycles. The van der Waals surface area contributed by atoms with Crippen LogP contribution < -0.4 is 4.90 Å². The number of hydrogen-bond donors (Lipinski definition) is 0. The highest BCUT2D eigenvalue weighted by molar-refractivity contribution is 6.36. The van der Waals surface area contributed by atoms with Crippen molar-refractivity contribution in [3.63, 3.8) is 0 Å². The van der Waals surface area contributed by atoms with Crippen LogP contribution in [0.25, 0.3) is 5.65 Å². The van der Waals surface area contributed by atoms with Crippen LogP contribution in [0.4, 0.5) is 5.69 Å². The molecule has 1 aliphatic rings. The molecule has 0 saturated carbocycles. The van der Waals surface area contributed by atoms with E-state index < -0.39 is 0 Å². The van der Waals surface area contributed by atoms with Crippen LogP contribution in [0, 0.1) is 0 Å². The second-order valence-electron chi connectivity index (χ2n) is 5.41. The number of hydrogen-bond acceptors (Lipinski definition) is 3. The van der Waals surface area contributed by atoms with Crippen LogP contribution in [0.3, 0.4) is 0 Å².